The van der Waals surface area contributed by atoms with Crippen LogP contribution in [0.1, 0.15) is 39.8 Å². The SMILES string of the molecule is Cc1ccc(C2(C)c3ccccc3C(=O)n3c2nc2ccc(-c4nc(-c5ccc6c(c5)oc5ccccc56)nc(-c5ccc6c(c5)oc5ccccc56)n4)cc23)cc1. The first-order valence-electron chi connectivity index (χ1n) is 19.2. The number of fused-ring (bicyclic) bond motifs is 10. The molecule has 0 N–H and O–H groups in total. The molecule has 4 aromatic heterocycles. The maximum atomic E-state index is 14.5. The first-order valence-corrected chi connectivity index (χ1v) is 19.2. The van der Waals surface area contributed by atoms with Crippen LogP contribution in [0.3, 0.4) is 0 Å². The average Bonchev–Trinajstić information content (AvgIpc) is 3.96. The fourth-order valence-corrected chi connectivity index (χ4v) is 8.77. The molecule has 8 nitrogen and oxygen atoms in total. The summed E-state index contributed by atoms with van der Waals surface area (Å²) < 4.78 is 14.3. The van der Waals surface area contributed by atoms with Gasteiger partial charge in [-0.05, 0) is 85.6 Å². The summed E-state index contributed by atoms with van der Waals surface area (Å²) in [5.41, 5.74) is 9.92. The van der Waals surface area contributed by atoms with E-state index in [1.165, 1.54) is 0 Å². The molecule has 58 heavy (non-hydrogen) atoms. The fraction of sp³-hybridized carbons (Fsp3) is 0.0600. The Morgan fingerprint density at radius 1 is 0.517 bits per heavy atom. The minimum Gasteiger partial charge on any atom is -0.456 e. The number of hydrogen-bond donors (Lipinski definition) is 0. The van der Waals surface area contributed by atoms with E-state index in [4.69, 9.17) is 28.8 Å². The molecule has 8 heteroatoms. The maximum Gasteiger partial charge on any atom is 0.264 e. The molecule has 1 aliphatic heterocycles. The van der Waals surface area contributed by atoms with Gasteiger partial charge in [-0.2, -0.15) is 0 Å². The highest BCUT2D eigenvalue weighted by Crippen LogP contribution is 2.45. The molecule has 274 valence electrons. The van der Waals surface area contributed by atoms with Crippen LogP contribution < -0.4 is 0 Å². The predicted molar refractivity (Wildman–Crippen MR) is 227 cm³/mol. The second-order valence-corrected chi connectivity index (χ2v) is 15.2. The van der Waals surface area contributed by atoms with Crippen molar-refractivity contribution < 1.29 is 13.6 Å². The van der Waals surface area contributed by atoms with Crippen molar-refractivity contribution in [3.8, 4) is 34.2 Å². The highest BCUT2D eigenvalue weighted by molar-refractivity contribution is 6.08. The number of hydrogen-bond acceptors (Lipinski definition) is 7. The van der Waals surface area contributed by atoms with E-state index in [0.717, 1.165) is 77.3 Å². The molecule has 12 rings (SSSR count). The van der Waals surface area contributed by atoms with Gasteiger partial charge in [0.05, 0.1) is 16.4 Å². The van der Waals surface area contributed by atoms with E-state index in [1.54, 1.807) is 4.57 Å². The summed E-state index contributed by atoms with van der Waals surface area (Å²) in [4.78, 5) is 34.9. The third kappa shape index (κ3) is 4.66. The van der Waals surface area contributed by atoms with Crippen molar-refractivity contribution in [1.29, 1.82) is 0 Å². The van der Waals surface area contributed by atoms with Gasteiger partial charge in [0, 0.05) is 43.8 Å². The summed E-state index contributed by atoms with van der Waals surface area (Å²) in [6.45, 7) is 4.23. The molecular weight excluding hydrogens is 719 g/mol. The summed E-state index contributed by atoms with van der Waals surface area (Å²) in [7, 11) is 0. The molecule has 7 aromatic carbocycles. The van der Waals surface area contributed by atoms with Crippen molar-refractivity contribution in [2.45, 2.75) is 19.3 Å². The molecule has 11 aromatic rings. The van der Waals surface area contributed by atoms with Crippen LogP contribution in [0.25, 0.3) is 89.1 Å². The zero-order valence-corrected chi connectivity index (χ0v) is 31.4. The molecule has 0 bridgehead atoms. The second kappa shape index (κ2) is 11.9. The zero-order chi connectivity index (χ0) is 38.7. The number of carbonyl (C=O) groups excluding carboxylic acids is 1. The number of aromatic nitrogens is 5. The lowest BCUT2D eigenvalue weighted by Gasteiger charge is -2.36. The summed E-state index contributed by atoms with van der Waals surface area (Å²) in [5.74, 6) is 1.98. The van der Waals surface area contributed by atoms with Gasteiger partial charge >= 0.3 is 0 Å². The first-order chi connectivity index (χ1) is 28.4. The second-order valence-electron chi connectivity index (χ2n) is 15.2. The van der Waals surface area contributed by atoms with Crippen LogP contribution in [0.15, 0.2) is 160 Å². The lowest BCUT2D eigenvalue weighted by Crippen LogP contribution is -2.38. The molecule has 0 aliphatic carbocycles. The predicted octanol–water partition coefficient (Wildman–Crippen LogP) is 11.7. The molecule has 0 fully saturated rings. The zero-order valence-electron chi connectivity index (χ0n) is 31.4. The molecule has 0 spiro atoms. The van der Waals surface area contributed by atoms with Crippen molar-refractivity contribution in [3.05, 3.63) is 180 Å². The first kappa shape index (κ1) is 32.5. The molecule has 1 atom stereocenters. The summed E-state index contributed by atoms with van der Waals surface area (Å²) >= 11 is 0. The van der Waals surface area contributed by atoms with Gasteiger partial charge in [-0.3, -0.25) is 9.36 Å². The number of rotatable bonds is 4. The highest BCUT2D eigenvalue weighted by Gasteiger charge is 2.44. The van der Waals surface area contributed by atoms with E-state index < -0.39 is 5.41 Å². The van der Waals surface area contributed by atoms with E-state index in [0.29, 0.717) is 39.9 Å². The van der Waals surface area contributed by atoms with Crippen molar-refractivity contribution >= 4 is 60.8 Å². The minimum atomic E-state index is -0.685. The Bertz CT molecular complexity index is 3390. The van der Waals surface area contributed by atoms with Crippen molar-refractivity contribution in [2.75, 3.05) is 0 Å². The molecule has 1 aliphatic rings. The average molecular weight is 750 g/mol. The van der Waals surface area contributed by atoms with Crippen molar-refractivity contribution in [3.63, 3.8) is 0 Å². The molecule has 1 unspecified atom stereocenters. The quantitative estimate of drug-likeness (QED) is 0.177. The third-order valence-corrected chi connectivity index (χ3v) is 11.8. The van der Waals surface area contributed by atoms with E-state index in [9.17, 15) is 4.79 Å². The van der Waals surface area contributed by atoms with Gasteiger partial charge in [0.2, 0.25) is 0 Å². The van der Waals surface area contributed by atoms with E-state index >= 15 is 0 Å². The van der Waals surface area contributed by atoms with Gasteiger partial charge in [0.25, 0.3) is 5.91 Å². The van der Waals surface area contributed by atoms with Crippen LogP contribution in [0.5, 0.6) is 0 Å². The molecule has 5 heterocycles. The van der Waals surface area contributed by atoms with Gasteiger partial charge in [0.15, 0.2) is 17.5 Å². The Balaban J connectivity index is 1.06. The Morgan fingerprint density at radius 2 is 1.03 bits per heavy atom. The summed E-state index contributed by atoms with van der Waals surface area (Å²) in [6, 6.07) is 50.4. The topological polar surface area (TPSA) is 99.8 Å². The number of carbonyl (C=O) groups is 1. The molecule has 0 saturated carbocycles. The Labute approximate surface area is 331 Å². The molecular formula is C50H31N5O3. The van der Waals surface area contributed by atoms with Crippen LogP contribution >= 0.6 is 0 Å². The van der Waals surface area contributed by atoms with Crippen LogP contribution in [-0.4, -0.2) is 30.4 Å². The Kier molecular flexibility index (Phi) is 6.67. The lowest BCUT2D eigenvalue weighted by molar-refractivity contribution is 0.0949. The smallest absolute Gasteiger partial charge is 0.264 e. The minimum absolute atomic E-state index is 0.120. The largest absolute Gasteiger partial charge is 0.456 e. The van der Waals surface area contributed by atoms with E-state index in [-0.39, 0.29) is 5.91 Å². The Morgan fingerprint density at radius 3 is 1.66 bits per heavy atom. The highest BCUT2D eigenvalue weighted by atomic mass is 16.3. The number of benzene rings is 7. The van der Waals surface area contributed by atoms with Gasteiger partial charge in [-0.1, -0.05) is 96.6 Å². The Hall–Kier alpha value is -7.71. The van der Waals surface area contributed by atoms with E-state index in [1.807, 2.05) is 103 Å². The van der Waals surface area contributed by atoms with Crippen LogP contribution in [0.4, 0.5) is 0 Å². The standard InChI is InChI=1S/C50H31N5O3/c1-28-15-20-32(21-16-28)50(2)38-12-6-3-11-37(38)48(56)55-40-25-29(19-24-39(40)51-49(50)55)45-52-46(30-17-22-35-33-9-4-7-13-41(33)57-43(35)26-30)54-47(53-45)31-18-23-36-34-10-5-8-14-42(34)58-44(36)27-31/h3-27H,1-2H3. The lowest BCUT2D eigenvalue weighted by atomic mass is 9.71. The summed E-state index contributed by atoms with van der Waals surface area (Å²) in [6.07, 6.45) is 0. The number of nitrogens with zero attached hydrogens (tertiary/aromatic N) is 5. The van der Waals surface area contributed by atoms with Gasteiger partial charge < -0.3 is 8.83 Å². The van der Waals surface area contributed by atoms with Crippen LogP contribution in [-0.2, 0) is 5.41 Å². The third-order valence-electron chi connectivity index (χ3n) is 11.8. The molecule has 0 amide bonds. The van der Waals surface area contributed by atoms with Gasteiger partial charge in [-0.15, -0.1) is 0 Å². The molecule has 0 saturated heterocycles. The monoisotopic (exact) mass is 749 g/mol. The number of imidazole rings is 1. The van der Waals surface area contributed by atoms with Crippen LogP contribution in [0, 0.1) is 6.92 Å². The number of furan rings is 2. The number of aryl methyl sites for hydroxylation is 1. The molecule has 0 radical (unpaired) electrons. The van der Waals surface area contributed by atoms with Crippen molar-refractivity contribution in [1.82, 2.24) is 24.5 Å². The van der Waals surface area contributed by atoms with Gasteiger partial charge in [-0.25, -0.2) is 19.9 Å². The number of para-hydroxylation sites is 2. The summed E-state index contributed by atoms with van der Waals surface area (Å²) in [5, 5.41) is 4.13. The van der Waals surface area contributed by atoms with Crippen molar-refractivity contribution in [2.24, 2.45) is 0 Å². The fourth-order valence-electron chi connectivity index (χ4n) is 8.77. The van der Waals surface area contributed by atoms with Crippen LogP contribution in [0.2, 0.25) is 0 Å². The van der Waals surface area contributed by atoms with Gasteiger partial charge in [0.1, 0.15) is 28.2 Å². The maximum absolute atomic E-state index is 14.5. The normalized spacial score (nSPS) is 15.2. The van der Waals surface area contributed by atoms with E-state index in [2.05, 4.69) is 62.4 Å².